The molecule has 0 bridgehead atoms. The van der Waals surface area contributed by atoms with Gasteiger partial charge in [-0.1, -0.05) is 20.8 Å². The van der Waals surface area contributed by atoms with Gasteiger partial charge in [-0.15, -0.1) is 0 Å². The van der Waals surface area contributed by atoms with Crippen LogP contribution in [0.1, 0.15) is 20.8 Å². The van der Waals surface area contributed by atoms with E-state index < -0.39 is 0 Å². The summed E-state index contributed by atoms with van der Waals surface area (Å²) in [5.41, 5.74) is -0.240. The van der Waals surface area contributed by atoms with Crippen LogP contribution in [0.3, 0.4) is 0 Å². The van der Waals surface area contributed by atoms with Crippen molar-refractivity contribution in [1.29, 1.82) is 0 Å². The summed E-state index contributed by atoms with van der Waals surface area (Å²) in [6.45, 7) is 11.5. The van der Waals surface area contributed by atoms with E-state index in [9.17, 15) is 4.79 Å². The summed E-state index contributed by atoms with van der Waals surface area (Å²) in [4.78, 5) is 16.4. The monoisotopic (exact) mass is 226 g/mol. The maximum Gasteiger partial charge on any atom is 0.228 e. The molecule has 92 valence electrons. The molecule has 0 aromatic rings. The van der Waals surface area contributed by atoms with Gasteiger partial charge in [-0.25, -0.2) is 0 Å². The molecular weight excluding hydrogens is 204 g/mol. The van der Waals surface area contributed by atoms with Crippen molar-refractivity contribution in [3.8, 4) is 0 Å². The Kier molecular flexibility index (Phi) is 3.22. The van der Waals surface area contributed by atoms with Gasteiger partial charge in [-0.05, 0) is 0 Å². The molecule has 2 fully saturated rings. The number of morpholine rings is 1. The minimum absolute atomic E-state index is 0.240. The first kappa shape index (κ1) is 11.9. The lowest BCUT2D eigenvalue weighted by molar-refractivity contribution is -0.148. The highest BCUT2D eigenvalue weighted by atomic mass is 16.5. The van der Waals surface area contributed by atoms with E-state index in [1.807, 2.05) is 25.7 Å². The molecule has 1 amide bonds. The van der Waals surface area contributed by atoms with Crippen LogP contribution in [-0.2, 0) is 9.53 Å². The van der Waals surface area contributed by atoms with Gasteiger partial charge >= 0.3 is 0 Å². The van der Waals surface area contributed by atoms with Gasteiger partial charge in [0.15, 0.2) is 0 Å². The Bertz CT molecular complexity index is 261. The number of likely N-dealkylation sites (tertiary alicyclic amines) is 1. The van der Waals surface area contributed by atoms with E-state index in [2.05, 4.69) is 4.90 Å². The lowest BCUT2D eigenvalue weighted by Crippen LogP contribution is -2.64. The third kappa shape index (κ3) is 2.38. The zero-order valence-corrected chi connectivity index (χ0v) is 10.5. The van der Waals surface area contributed by atoms with Crippen molar-refractivity contribution in [2.75, 3.05) is 39.4 Å². The standard InChI is InChI=1S/C12H22N2O2/c1-12(2,3)11(15)14-8-10(9-14)13-4-6-16-7-5-13/h10H,4-9H2,1-3H3. The molecule has 0 unspecified atom stereocenters. The molecule has 0 saturated carbocycles. The van der Waals surface area contributed by atoms with Gasteiger partial charge in [0.05, 0.1) is 13.2 Å². The molecule has 2 aliphatic rings. The maximum atomic E-state index is 12.0. The molecule has 0 aromatic heterocycles. The summed E-state index contributed by atoms with van der Waals surface area (Å²) in [6.07, 6.45) is 0. The van der Waals surface area contributed by atoms with E-state index >= 15 is 0 Å². The Labute approximate surface area is 97.5 Å². The van der Waals surface area contributed by atoms with Crippen LogP contribution >= 0.6 is 0 Å². The molecule has 2 heterocycles. The number of amides is 1. The number of rotatable bonds is 1. The topological polar surface area (TPSA) is 32.8 Å². The first-order valence-electron chi connectivity index (χ1n) is 6.09. The quantitative estimate of drug-likeness (QED) is 0.655. The number of carbonyl (C=O) groups is 1. The van der Waals surface area contributed by atoms with E-state index in [1.165, 1.54) is 0 Å². The summed E-state index contributed by atoms with van der Waals surface area (Å²) < 4.78 is 5.32. The average molecular weight is 226 g/mol. The van der Waals surface area contributed by atoms with Gasteiger partial charge in [-0.2, -0.15) is 0 Å². The lowest BCUT2D eigenvalue weighted by atomic mass is 9.92. The highest BCUT2D eigenvalue weighted by Crippen LogP contribution is 2.24. The summed E-state index contributed by atoms with van der Waals surface area (Å²) >= 11 is 0. The molecule has 4 nitrogen and oxygen atoms in total. The zero-order valence-electron chi connectivity index (χ0n) is 10.5. The van der Waals surface area contributed by atoms with Crippen molar-refractivity contribution in [3.63, 3.8) is 0 Å². The second-order valence-electron chi connectivity index (χ2n) is 5.76. The Morgan fingerprint density at radius 3 is 2.25 bits per heavy atom. The zero-order chi connectivity index (χ0) is 11.8. The van der Waals surface area contributed by atoms with Crippen molar-refractivity contribution < 1.29 is 9.53 Å². The van der Waals surface area contributed by atoms with Crippen LogP contribution in [0.5, 0.6) is 0 Å². The molecular formula is C12H22N2O2. The van der Waals surface area contributed by atoms with Gasteiger partial charge < -0.3 is 9.64 Å². The van der Waals surface area contributed by atoms with Crippen molar-refractivity contribution in [2.45, 2.75) is 26.8 Å². The van der Waals surface area contributed by atoms with E-state index in [0.29, 0.717) is 6.04 Å². The van der Waals surface area contributed by atoms with Crippen LogP contribution in [0.15, 0.2) is 0 Å². The largest absolute Gasteiger partial charge is 0.379 e. The minimum Gasteiger partial charge on any atom is -0.379 e. The fourth-order valence-corrected chi connectivity index (χ4v) is 2.27. The van der Waals surface area contributed by atoms with Crippen LogP contribution in [0.4, 0.5) is 0 Å². The molecule has 0 aliphatic carbocycles. The minimum atomic E-state index is -0.240. The Hall–Kier alpha value is -0.610. The predicted molar refractivity (Wildman–Crippen MR) is 62.2 cm³/mol. The molecule has 0 N–H and O–H groups in total. The molecule has 0 aromatic carbocycles. The van der Waals surface area contributed by atoms with Crippen LogP contribution < -0.4 is 0 Å². The van der Waals surface area contributed by atoms with Crippen molar-refractivity contribution >= 4 is 5.91 Å². The maximum absolute atomic E-state index is 12.0. The molecule has 4 heteroatoms. The van der Waals surface area contributed by atoms with Crippen molar-refractivity contribution in [2.24, 2.45) is 5.41 Å². The Morgan fingerprint density at radius 2 is 1.75 bits per heavy atom. The van der Waals surface area contributed by atoms with Gasteiger partial charge in [0.1, 0.15) is 0 Å². The SMILES string of the molecule is CC(C)(C)C(=O)N1CC(N2CCOCC2)C1. The van der Waals surface area contributed by atoms with Crippen molar-refractivity contribution in [3.05, 3.63) is 0 Å². The Morgan fingerprint density at radius 1 is 1.19 bits per heavy atom. The van der Waals surface area contributed by atoms with Crippen LogP contribution in [-0.4, -0.2) is 61.1 Å². The fraction of sp³-hybridized carbons (Fsp3) is 0.917. The second-order valence-corrected chi connectivity index (χ2v) is 5.76. The summed E-state index contributed by atoms with van der Waals surface area (Å²) in [7, 11) is 0. The third-order valence-corrected chi connectivity index (χ3v) is 3.35. The normalized spacial score (nSPS) is 24.3. The van der Waals surface area contributed by atoms with E-state index in [-0.39, 0.29) is 11.3 Å². The number of hydrogen-bond acceptors (Lipinski definition) is 3. The first-order chi connectivity index (χ1) is 7.48. The Balaban J connectivity index is 1.79. The van der Waals surface area contributed by atoms with Crippen LogP contribution in [0.25, 0.3) is 0 Å². The van der Waals surface area contributed by atoms with Gasteiger partial charge in [0.25, 0.3) is 0 Å². The van der Waals surface area contributed by atoms with E-state index in [1.54, 1.807) is 0 Å². The highest BCUT2D eigenvalue weighted by molar-refractivity contribution is 5.82. The van der Waals surface area contributed by atoms with Crippen LogP contribution in [0.2, 0.25) is 0 Å². The summed E-state index contributed by atoms with van der Waals surface area (Å²) in [5.74, 6) is 0.275. The smallest absolute Gasteiger partial charge is 0.228 e. The van der Waals surface area contributed by atoms with E-state index in [0.717, 1.165) is 39.4 Å². The fourth-order valence-electron chi connectivity index (χ4n) is 2.27. The molecule has 2 rings (SSSR count). The van der Waals surface area contributed by atoms with Crippen LogP contribution in [0, 0.1) is 5.41 Å². The van der Waals surface area contributed by atoms with Gasteiger partial charge in [0.2, 0.25) is 5.91 Å². The van der Waals surface area contributed by atoms with Gasteiger partial charge in [0, 0.05) is 37.6 Å². The highest BCUT2D eigenvalue weighted by Gasteiger charge is 2.38. The van der Waals surface area contributed by atoms with Crippen molar-refractivity contribution in [1.82, 2.24) is 9.80 Å². The lowest BCUT2D eigenvalue weighted by Gasteiger charge is -2.48. The predicted octanol–water partition coefficient (Wildman–Crippen LogP) is 0.575. The third-order valence-electron chi connectivity index (χ3n) is 3.35. The molecule has 0 spiro atoms. The van der Waals surface area contributed by atoms with Gasteiger partial charge in [-0.3, -0.25) is 9.69 Å². The average Bonchev–Trinajstić information content (AvgIpc) is 2.15. The molecule has 2 aliphatic heterocycles. The number of hydrogen-bond donors (Lipinski definition) is 0. The molecule has 0 atom stereocenters. The number of ether oxygens (including phenoxy) is 1. The molecule has 2 saturated heterocycles. The summed E-state index contributed by atoms with van der Waals surface area (Å²) in [6, 6.07) is 0.565. The van der Waals surface area contributed by atoms with E-state index in [4.69, 9.17) is 4.74 Å². The second kappa shape index (κ2) is 4.34. The summed E-state index contributed by atoms with van der Waals surface area (Å²) in [5, 5.41) is 0. The first-order valence-corrected chi connectivity index (χ1v) is 6.09. The molecule has 16 heavy (non-hydrogen) atoms. The molecule has 0 radical (unpaired) electrons. The number of carbonyl (C=O) groups excluding carboxylic acids is 1. The number of nitrogens with zero attached hydrogens (tertiary/aromatic N) is 2.